The Morgan fingerprint density at radius 3 is 2.39 bits per heavy atom. The van der Waals surface area contributed by atoms with Crippen molar-refractivity contribution in [1.82, 2.24) is 5.32 Å². The van der Waals surface area contributed by atoms with Crippen molar-refractivity contribution in [1.29, 1.82) is 0 Å². The number of para-hydroxylation sites is 1. The predicted molar refractivity (Wildman–Crippen MR) is 69.9 cm³/mol. The van der Waals surface area contributed by atoms with E-state index in [4.69, 9.17) is 14.2 Å². The smallest absolute Gasteiger partial charge is 0.204 e. The molecule has 2 rings (SSSR count). The van der Waals surface area contributed by atoms with E-state index in [1.165, 1.54) is 0 Å². The first-order chi connectivity index (χ1) is 8.76. The van der Waals surface area contributed by atoms with Gasteiger partial charge in [0.05, 0.1) is 20.8 Å². The third kappa shape index (κ3) is 2.50. The van der Waals surface area contributed by atoms with Crippen LogP contribution in [0.2, 0.25) is 0 Å². The summed E-state index contributed by atoms with van der Waals surface area (Å²) in [6.45, 7) is 3.61. The molecule has 5 nitrogen and oxygen atoms in total. The minimum Gasteiger partial charge on any atom is -0.493 e. The van der Waals surface area contributed by atoms with Gasteiger partial charge >= 0.3 is 0 Å². The van der Waals surface area contributed by atoms with E-state index >= 15 is 0 Å². The van der Waals surface area contributed by atoms with Gasteiger partial charge in [0.2, 0.25) is 5.75 Å². The molecule has 0 unspecified atom stereocenters. The lowest BCUT2D eigenvalue weighted by Gasteiger charge is -2.19. The molecule has 0 saturated heterocycles. The second-order valence-electron chi connectivity index (χ2n) is 3.95. The molecule has 0 aliphatic carbocycles. The van der Waals surface area contributed by atoms with E-state index in [9.17, 15) is 0 Å². The molecular formula is C13H18N2O3. The SMILES string of the molecule is COc1cccc(OC)c1O[C@H](C)C1=NCCN1. The van der Waals surface area contributed by atoms with Crippen molar-refractivity contribution >= 4 is 5.84 Å². The Morgan fingerprint density at radius 2 is 1.89 bits per heavy atom. The number of amidine groups is 1. The van der Waals surface area contributed by atoms with Crippen LogP contribution in [0.5, 0.6) is 17.2 Å². The van der Waals surface area contributed by atoms with Crippen molar-refractivity contribution in [3.05, 3.63) is 18.2 Å². The molecule has 1 aliphatic heterocycles. The summed E-state index contributed by atoms with van der Waals surface area (Å²) in [5.74, 6) is 2.77. The average molecular weight is 250 g/mol. The molecule has 5 heteroatoms. The molecule has 0 bridgehead atoms. The summed E-state index contributed by atoms with van der Waals surface area (Å²) in [6.07, 6.45) is -0.155. The van der Waals surface area contributed by atoms with Gasteiger partial charge in [-0.3, -0.25) is 4.99 Å². The van der Waals surface area contributed by atoms with Gasteiger partial charge in [0.15, 0.2) is 17.6 Å². The van der Waals surface area contributed by atoms with Crippen molar-refractivity contribution in [3.63, 3.8) is 0 Å². The summed E-state index contributed by atoms with van der Waals surface area (Å²) in [6, 6.07) is 5.55. The van der Waals surface area contributed by atoms with Crippen molar-refractivity contribution in [2.24, 2.45) is 4.99 Å². The van der Waals surface area contributed by atoms with Gasteiger partial charge in [-0.2, -0.15) is 0 Å². The van der Waals surface area contributed by atoms with E-state index < -0.39 is 0 Å². The van der Waals surface area contributed by atoms with Gasteiger partial charge in [-0.05, 0) is 19.1 Å². The third-order valence-electron chi connectivity index (χ3n) is 2.76. The van der Waals surface area contributed by atoms with Crippen LogP contribution in [0.4, 0.5) is 0 Å². The average Bonchev–Trinajstić information content (AvgIpc) is 2.93. The second-order valence-corrected chi connectivity index (χ2v) is 3.95. The molecule has 1 N–H and O–H groups in total. The summed E-state index contributed by atoms with van der Waals surface area (Å²) in [5, 5.41) is 3.19. The van der Waals surface area contributed by atoms with Gasteiger partial charge in [0.1, 0.15) is 5.84 Å². The topological polar surface area (TPSA) is 52.1 Å². The molecule has 0 saturated carbocycles. The van der Waals surface area contributed by atoms with Gasteiger partial charge in [-0.1, -0.05) is 6.07 Å². The zero-order valence-electron chi connectivity index (χ0n) is 10.9. The van der Waals surface area contributed by atoms with Crippen LogP contribution in [-0.2, 0) is 0 Å². The van der Waals surface area contributed by atoms with Gasteiger partial charge in [-0.25, -0.2) is 0 Å². The minimum absolute atomic E-state index is 0.155. The van der Waals surface area contributed by atoms with E-state index in [1.807, 2.05) is 25.1 Å². The van der Waals surface area contributed by atoms with Crippen LogP contribution in [-0.4, -0.2) is 39.2 Å². The Morgan fingerprint density at radius 1 is 1.22 bits per heavy atom. The number of nitrogens with one attached hydrogen (secondary N) is 1. The Labute approximate surface area is 107 Å². The highest BCUT2D eigenvalue weighted by molar-refractivity contribution is 5.87. The number of aliphatic imine (C=N–C) groups is 1. The Balaban J connectivity index is 2.21. The molecule has 18 heavy (non-hydrogen) atoms. The first-order valence-electron chi connectivity index (χ1n) is 5.92. The summed E-state index contributed by atoms with van der Waals surface area (Å²) >= 11 is 0. The van der Waals surface area contributed by atoms with Crippen LogP contribution in [0.1, 0.15) is 6.92 Å². The first-order valence-corrected chi connectivity index (χ1v) is 5.92. The van der Waals surface area contributed by atoms with Gasteiger partial charge in [0.25, 0.3) is 0 Å². The quantitative estimate of drug-likeness (QED) is 0.860. The van der Waals surface area contributed by atoms with Crippen LogP contribution >= 0.6 is 0 Å². The monoisotopic (exact) mass is 250 g/mol. The molecule has 1 heterocycles. The summed E-state index contributed by atoms with van der Waals surface area (Å²) in [7, 11) is 3.22. The molecule has 0 fully saturated rings. The van der Waals surface area contributed by atoms with E-state index in [-0.39, 0.29) is 6.10 Å². The van der Waals surface area contributed by atoms with Crippen LogP contribution < -0.4 is 19.5 Å². The maximum atomic E-state index is 5.90. The second kappa shape index (κ2) is 5.62. The van der Waals surface area contributed by atoms with Crippen molar-refractivity contribution in [2.75, 3.05) is 27.3 Å². The number of rotatable bonds is 5. The van der Waals surface area contributed by atoms with E-state index in [1.54, 1.807) is 14.2 Å². The molecule has 1 atom stereocenters. The number of methoxy groups -OCH3 is 2. The fourth-order valence-corrected chi connectivity index (χ4v) is 1.85. The van der Waals surface area contributed by atoms with Crippen molar-refractivity contribution in [3.8, 4) is 17.2 Å². The minimum atomic E-state index is -0.155. The third-order valence-corrected chi connectivity index (χ3v) is 2.76. The lowest BCUT2D eigenvalue weighted by atomic mass is 10.3. The molecule has 1 aromatic carbocycles. The summed E-state index contributed by atoms with van der Waals surface area (Å²) < 4.78 is 16.5. The van der Waals surface area contributed by atoms with Crippen molar-refractivity contribution in [2.45, 2.75) is 13.0 Å². The normalized spacial score (nSPS) is 15.6. The number of nitrogens with zero attached hydrogens (tertiary/aromatic N) is 1. The van der Waals surface area contributed by atoms with Gasteiger partial charge in [0, 0.05) is 6.54 Å². The van der Waals surface area contributed by atoms with E-state index in [0.717, 1.165) is 18.9 Å². The molecule has 0 radical (unpaired) electrons. The number of ether oxygens (including phenoxy) is 3. The predicted octanol–water partition coefficient (Wildman–Crippen LogP) is 1.47. The van der Waals surface area contributed by atoms with Crippen LogP contribution in [0.15, 0.2) is 23.2 Å². The molecule has 0 amide bonds. The standard InChI is InChI=1S/C13H18N2O3/c1-9(13-14-7-8-15-13)18-12-10(16-2)5-4-6-11(12)17-3/h4-6,9H,7-8H2,1-3H3,(H,14,15)/t9-/m1/s1. The van der Waals surface area contributed by atoms with Crippen molar-refractivity contribution < 1.29 is 14.2 Å². The summed E-state index contributed by atoms with van der Waals surface area (Å²) in [5.41, 5.74) is 0. The van der Waals surface area contributed by atoms with Crippen LogP contribution in [0, 0.1) is 0 Å². The molecule has 1 aliphatic rings. The zero-order chi connectivity index (χ0) is 13.0. The fourth-order valence-electron chi connectivity index (χ4n) is 1.85. The molecular weight excluding hydrogens is 232 g/mol. The molecule has 98 valence electrons. The lowest BCUT2D eigenvalue weighted by molar-refractivity contribution is 0.250. The highest BCUT2D eigenvalue weighted by Crippen LogP contribution is 2.37. The van der Waals surface area contributed by atoms with E-state index in [2.05, 4.69) is 10.3 Å². The number of hydrogen-bond acceptors (Lipinski definition) is 5. The highest BCUT2D eigenvalue weighted by atomic mass is 16.5. The van der Waals surface area contributed by atoms with Gasteiger partial charge < -0.3 is 19.5 Å². The maximum Gasteiger partial charge on any atom is 0.204 e. The van der Waals surface area contributed by atoms with E-state index in [0.29, 0.717) is 17.2 Å². The Hall–Kier alpha value is -1.91. The van der Waals surface area contributed by atoms with Crippen LogP contribution in [0.25, 0.3) is 0 Å². The highest BCUT2D eigenvalue weighted by Gasteiger charge is 2.19. The van der Waals surface area contributed by atoms with Gasteiger partial charge in [-0.15, -0.1) is 0 Å². The summed E-state index contributed by atoms with van der Waals surface area (Å²) in [4.78, 5) is 4.34. The Kier molecular flexibility index (Phi) is 3.92. The molecule has 1 aromatic rings. The molecule has 0 spiro atoms. The largest absolute Gasteiger partial charge is 0.493 e. The number of benzene rings is 1. The van der Waals surface area contributed by atoms with Crippen LogP contribution in [0.3, 0.4) is 0 Å². The fraction of sp³-hybridized carbons (Fsp3) is 0.462. The maximum absolute atomic E-state index is 5.90. The molecule has 0 aromatic heterocycles. The lowest BCUT2D eigenvalue weighted by Crippen LogP contribution is -2.33. The Bertz CT molecular complexity index is 424. The number of hydrogen-bond donors (Lipinski definition) is 1. The first kappa shape index (κ1) is 12.5. The zero-order valence-corrected chi connectivity index (χ0v) is 10.9.